The lowest BCUT2D eigenvalue weighted by Gasteiger charge is -2.53. The number of nitrogens with one attached hydrogen (secondary N) is 2. The Morgan fingerprint density at radius 3 is 2.97 bits per heavy atom. The number of allylic oxidation sites excluding steroid dienone is 1. The molecule has 0 aromatic carbocycles. The summed E-state index contributed by atoms with van der Waals surface area (Å²) in [5.41, 5.74) is 1.84. The minimum absolute atomic E-state index is 0.0309. The molecule has 2 N–H and O–H groups in total. The number of aromatic amines is 1. The van der Waals surface area contributed by atoms with E-state index in [1.165, 1.54) is 5.57 Å². The highest BCUT2D eigenvalue weighted by atomic mass is 16.2. The maximum atomic E-state index is 13.4. The lowest BCUT2D eigenvalue weighted by atomic mass is 9.67. The van der Waals surface area contributed by atoms with Gasteiger partial charge in [0.2, 0.25) is 11.8 Å². The van der Waals surface area contributed by atoms with Crippen LogP contribution < -0.4 is 5.32 Å². The molecule has 0 unspecified atom stereocenters. The van der Waals surface area contributed by atoms with Gasteiger partial charge in [0.1, 0.15) is 0 Å². The zero-order valence-corrected chi connectivity index (χ0v) is 17.5. The van der Waals surface area contributed by atoms with E-state index in [9.17, 15) is 9.59 Å². The van der Waals surface area contributed by atoms with Gasteiger partial charge in [0.15, 0.2) is 0 Å². The number of likely N-dealkylation sites (N-methyl/N-ethyl adjacent to an activating group) is 1. The Hall–Kier alpha value is -2.15. The summed E-state index contributed by atoms with van der Waals surface area (Å²) >= 11 is 0. The van der Waals surface area contributed by atoms with E-state index in [2.05, 4.69) is 33.3 Å². The second kappa shape index (κ2) is 8.69. The standard InChI is InChI=1S/C22H33N5O2/c1-26-12-9-22(21(29)24-10-7-18-14-23-16-25-18)8-4-11-27(19(22)15-26)20(28)13-17-5-2-3-6-17/h5,14,16,19H,2-4,6-13,15H2,1H3,(H,23,25)(H,24,29)/t19-,22-/m1/s1. The van der Waals surface area contributed by atoms with E-state index in [-0.39, 0.29) is 17.9 Å². The van der Waals surface area contributed by atoms with Crippen LogP contribution >= 0.6 is 0 Å². The van der Waals surface area contributed by atoms with Crippen molar-refractivity contribution in [3.8, 4) is 0 Å². The van der Waals surface area contributed by atoms with E-state index >= 15 is 0 Å². The molecule has 3 aliphatic rings. The molecule has 1 aliphatic carbocycles. The summed E-state index contributed by atoms with van der Waals surface area (Å²) in [5.74, 6) is 0.320. The van der Waals surface area contributed by atoms with Gasteiger partial charge in [-0.3, -0.25) is 9.59 Å². The molecule has 2 saturated heterocycles. The van der Waals surface area contributed by atoms with Crippen molar-refractivity contribution in [3.63, 3.8) is 0 Å². The minimum atomic E-state index is -0.460. The smallest absolute Gasteiger partial charge is 0.228 e. The number of H-pyrrole nitrogens is 1. The lowest BCUT2D eigenvalue weighted by molar-refractivity contribution is -0.153. The lowest BCUT2D eigenvalue weighted by Crippen LogP contribution is -2.66. The van der Waals surface area contributed by atoms with Gasteiger partial charge < -0.3 is 20.1 Å². The van der Waals surface area contributed by atoms with Gasteiger partial charge in [-0.15, -0.1) is 0 Å². The molecular formula is C22H33N5O2. The Morgan fingerprint density at radius 2 is 2.21 bits per heavy atom. The Bertz CT molecular complexity index is 759. The molecule has 2 aliphatic heterocycles. The number of hydrogen-bond acceptors (Lipinski definition) is 4. The van der Waals surface area contributed by atoms with Crippen LogP contribution in [0, 0.1) is 5.41 Å². The SMILES string of the molecule is CN1CC[C@]2(C(=O)NCCc3cnc[nH]3)CCCN(C(=O)CC3=CCCC3)[C@@H]2C1. The summed E-state index contributed by atoms with van der Waals surface area (Å²) in [7, 11) is 2.09. The second-order valence-electron chi connectivity index (χ2n) is 8.89. The van der Waals surface area contributed by atoms with Crippen LogP contribution in [0.15, 0.2) is 24.2 Å². The summed E-state index contributed by atoms with van der Waals surface area (Å²) in [6.45, 7) is 3.04. The number of nitrogens with zero attached hydrogens (tertiary/aromatic N) is 3. The topological polar surface area (TPSA) is 81.3 Å². The van der Waals surface area contributed by atoms with Gasteiger partial charge in [-0.1, -0.05) is 11.6 Å². The molecule has 7 nitrogen and oxygen atoms in total. The van der Waals surface area contributed by atoms with Gasteiger partial charge in [0, 0.05) is 44.4 Å². The van der Waals surface area contributed by atoms with E-state index < -0.39 is 5.41 Å². The fourth-order valence-electron chi connectivity index (χ4n) is 5.31. The highest BCUT2D eigenvalue weighted by Crippen LogP contribution is 2.43. The summed E-state index contributed by atoms with van der Waals surface area (Å²) < 4.78 is 0. The van der Waals surface area contributed by atoms with Crippen molar-refractivity contribution in [2.24, 2.45) is 5.41 Å². The molecule has 3 heterocycles. The van der Waals surface area contributed by atoms with Crippen LogP contribution in [0.2, 0.25) is 0 Å². The van der Waals surface area contributed by atoms with Crippen LogP contribution in [0.3, 0.4) is 0 Å². The second-order valence-corrected chi connectivity index (χ2v) is 8.89. The van der Waals surface area contributed by atoms with Crippen molar-refractivity contribution >= 4 is 11.8 Å². The molecule has 0 spiro atoms. The van der Waals surface area contributed by atoms with Crippen molar-refractivity contribution in [1.82, 2.24) is 25.1 Å². The predicted octanol–water partition coefficient (Wildman–Crippen LogP) is 1.88. The number of amides is 2. The fourth-order valence-corrected chi connectivity index (χ4v) is 5.31. The summed E-state index contributed by atoms with van der Waals surface area (Å²) in [6.07, 6.45) is 12.8. The third kappa shape index (κ3) is 4.25. The number of likely N-dealkylation sites (tertiary alicyclic amines) is 2. The number of piperidine rings is 2. The molecule has 2 amide bonds. The first-order valence-corrected chi connectivity index (χ1v) is 11.0. The van der Waals surface area contributed by atoms with E-state index in [0.29, 0.717) is 13.0 Å². The third-order valence-corrected chi connectivity index (χ3v) is 6.98. The van der Waals surface area contributed by atoms with E-state index in [0.717, 1.165) is 70.3 Å². The molecule has 158 valence electrons. The van der Waals surface area contributed by atoms with Crippen molar-refractivity contribution in [3.05, 3.63) is 29.9 Å². The maximum absolute atomic E-state index is 13.4. The minimum Gasteiger partial charge on any atom is -0.355 e. The first-order chi connectivity index (χ1) is 14.1. The first kappa shape index (κ1) is 20.1. The number of hydrogen-bond donors (Lipinski definition) is 2. The number of carbonyl (C=O) groups is 2. The quantitative estimate of drug-likeness (QED) is 0.716. The molecule has 0 radical (unpaired) electrons. The normalized spacial score (nSPS) is 27.4. The van der Waals surface area contributed by atoms with E-state index in [1.807, 2.05) is 4.90 Å². The third-order valence-electron chi connectivity index (χ3n) is 6.98. The molecule has 0 saturated carbocycles. The molecule has 1 aromatic rings. The maximum Gasteiger partial charge on any atom is 0.228 e. The van der Waals surface area contributed by atoms with Gasteiger partial charge in [-0.2, -0.15) is 0 Å². The number of carbonyl (C=O) groups excluding carboxylic acids is 2. The van der Waals surface area contributed by atoms with Crippen molar-refractivity contribution in [1.29, 1.82) is 0 Å². The molecule has 29 heavy (non-hydrogen) atoms. The molecule has 2 atom stereocenters. The van der Waals surface area contributed by atoms with Crippen LogP contribution in [0.5, 0.6) is 0 Å². The molecule has 4 rings (SSSR count). The summed E-state index contributed by atoms with van der Waals surface area (Å²) in [4.78, 5) is 38.0. The van der Waals surface area contributed by atoms with E-state index in [1.54, 1.807) is 12.5 Å². The Kier molecular flexibility index (Phi) is 6.04. The van der Waals surface area contributed by atoms with Gasteiger partial charge in [0.05, 0.1) is 17.8 Å². The van der Waals surface area contributed by atoms with E-state index in [4.69, 9.17) is 0 Å². The van der Waals surface area contributed by atoms with Crippen LogP contribution in [-0.2, 0) is 16.0 Å². The number of aromatic nitrogens is 2. The molecular weight excluding hydrogens is 366 g/mol. The molecule has 1 aromatic heterocycles. The average Bonchev–Trinajstić information content (AvgIpc) is 3.41. The molecule has 0 bridgehead atoms. The average molecular weight is 400 g/mol. The zero-order valence-electron chi connectivity index (χ0n) is 17.5. The summed E-state index contributed by atoms with van der Waals surface area (Å²) in [5, 5.41) is 3.17. The van der Waals surface area contributed by atoms with Crippen LogP contribution in [0.25, 0.3) is 0 Å². The zero-order chi connectivity index (χ0) is 20.3. The predicted molar refractivity (Wildman–Crippen MR) is 111 cm³/mol. The Labute approximate surface area is 172 Å². The number of fused-ring (bicyclic) bond motifs is 1. The Morgan fingerprint density at radius 1 is 1.31 bits per heavy atom. The van der Waals surface area contributed by atoms with Crippen LogP contribution in [-0.4, -0.2) is 70.9 Å². The van der Waals surface area contributed by atoms with Crippen molar-refractivity contribution < 1.29 is 9.59 Å². The first-order valence-electron chi connectivity index (χ1n) is 11.0. The molecule has 2 fully saturated rings. The number of imidazole rings is 1. The van der Waals surface area contributed by atoms with Crippen molar-refractivity contribution in [2.45, 2.75) is 57.4 Å². The van der Waals surface area contributed by atoms with Gasteiger partial charge >= 0.3 is 0 Å². The van der Waals surface area contributed by atoms with Gasteiger partial charge in [0.25, 0.3) is 0 Å². The largest absolute Gasteiger partial charge is 0.355 e. The monoisotopic (exact) mass is 399 g/mol. The highest BCUT2D eigenvalue weighted by Gasteiger charge is 2.53. The Balaban J connectivity index is 1.46. The highest BCUT2D eigenvalue weighted by molar-refractivity contribution is 5.86. The van der Waals surface area contributed by atoms with Crippen molar-refractivity contribution in [2.75, 3.05) is 33.2 Å². The van der Waals surface area contributed by atoms with Crippen LogP contribution in [0.1, 0.15) is 50.6 Å². The fraction of sp³-hybridized carbons (Fsp3) is 0.682. The molecule has 7 heteroatoms. The van der Waals surface area contributed by atoms with Gasteiger partial charge in [-0.25, -0.2) is 4.98 Å². The number of rotatable bonds is 6. The van der Waals surface area contributed by atoms with Gasteiger partial charge in [-0.05, 0) is 52.1 Å². The summed E-state index contributed by atoms with van der Waals surface area (Å²) in [6, 6.07) is -0.0309. The van der Waals surface area contributed by atoms with Crippen LogP contribution in [0.4, 0.5) is 0 Å².